The molecule has 0 fully saturated rings. The average molecular weight is 119 g/mol. The molecule has 8 heavy (non-hydrogen) atoms. The highest BCUT2D eigenvalue weighted by Gasteiger charge is 1.82. The summed E-state index contributed by atoms with van der Waals surface area (Å²) in [6.07, 6.45) is 1.83. The summed E-state index contributed by atoms with van der Waals surface area (Å²) < 4.78 is 11.7. The zero-order valence-corrected chi connectivity index (χ0v) is 5.10. The largest absolute Gasteiger partial charge is 0.394 e. The van der Waals surface area contributed by atoms with Crippen LogP contribution in [0.25, 0.3) is 0 Å². The smallest absolute Gasteiger partial charge is 0.0697 e. The Kier molecular flexibility index (Phi) is 5.23. The maximum Gasteiger partial charge on any atom is 0.0697 e. The molecule has 0 rings (SSSR count). The summed E-state index contributed by atoms with van der Waals surface area (Å²) in [7, 11) is 0. The van der Waals surface area contributed by atoms with Crippen LogP contribution in [-0.2, 0) is 4.74 Å². The van der Waals surface area contributed by atoms with Crippen LogP contribution in [0.5, 0.6) is 0 Å². The predicted octanol–water partition coefficient (Wildman–Crippen LogP) is 0.795. The van der Waals surface area contributed by atoms with E-state index >= 15 is 0 Å². The van der Waals surface area contributed by atoms with Crippen LogP contribution in [0.15, 0.2) is 0 Å². The summed E-state index contributed by atoms with van der Waals surface area (Å²) in [6, 6.07) is 0. The van der Waals surface area contributed by atoms with Gasteiger partial charge in [-0.25, -0.2) is 0 Å². The molecule has 0 heterocycles. The summed E-state index contributed by atoms with van der Waals surface area (Å²) in [5.74, 6) is 0. The minimum atomic E-state index is 0.0981. The van der Waals surface area contributed by atoms with Gasteiger partial charge in [0.15, 0.2) is 0 Å². The second kappa shape index (κ2) is 6.92. The first-order valence-electron chi connectivity index (χ1n) is 3.60. The van der Waals surface area contributed by atoms with Gasteiger partial charge in [-0.3, -0.25) is 0 Å². The first-order valence-corrected chi connectivity index (χ1v) is 2.89. The van der Waals surface area contributed by atoms with Crippen molar-refractivity contribution < 1.29 is 11.2 Å². The summed E-state index contributed by atoms with van der Waals surface area (Å²) in [5.41, 5.74) is 0. The zero-order valence-electron chi connectivity index (χ0n) is 6.10. The molecule has 0 aliphatic carbocycles. The van der Waals surface area contributed by atoms with Crippen LogP contribution >= 0.6 is 0 Å². The van der Waals surface area contributed by atoms with E-state index in [1.54, 1.807) is 0 Å². The van der Waals surface area contributed by atoms with Crippen LogP contribution in [0.3, 0.4) is 0 Å². The molecule has 0 saturated heterocycles. The van der Waals surface area contributed by atoms with Crippen LogP contribution in [0.1, 0.15) is 21.1 Å². The van der Waals surface area contributed by atoms with Crippen LogP contribution in [0.2, 0.25) is 0 Å². The molecule has 0 aromatic carbocycles. The van der Waals surface area contributed by atoms with Crippen molar-refractivity contribution in [3.05, 3.63) is 0 Å². The molecule has 0 aromatic rings. The lowest BCUT2D eigenvalue weighted by molar-refractivity contribution is 0.0904. The average Bonchev–Trinajstić information content (AvgIpc) is 1.89. The highest BCUT2D eigenvalue weighted by molar-refractivity contribution is 4.30. The Morgan fingerprint density at radius 3 is 3.12 bits per heavy atom. The van der Waals surface area contributed by atoms with Crippen LogP contribution in [-0.4, -0.2) is 24.9 Å². The molecular weight excluding hydrogens is 104 g/mol. The van der Waals surface area contributed by atoms with Gasteiger partial charge in [0.1, 0.15) is 0 Å². The molecule has 50 valence electrons. The van der Waals surface area contributed by atoms with Crippen molar-refractivity contribution >= 4 is 0 Å². The second-order valence-corrected chi connectivity index (χ2v) is 1.54. The molecule has 2 nitrogen and oxygen atoms in total. The Hall–Kier alpha value is -0.0800. The fraction of sp³-hybridized carbons (Fsp3) is 1.00. The van der Waals surface area contributed by atoms with Crippen molar-refractivity contribution in [1.82, 2.24) is 0 Å². The van der Waals surface area contributed by atoms with Crippen molar-refractivity contribution in [3.63, 3.8) is 0 Å². The van der Waals surface area contributed by atoms with E-state index in [2.05, 4.69) is 0 Å². The van der Waals surface area contributed by atoms with E-state index in [0.29, 0.717) is 20.1 Å². The maximum absolute atomic E-state index is 8.26. The molecule has 0 atom stereocenters. The molecule has 0 spiro atoms. The minimum absolute atomic E-state index is 0.0981. The second-order valence-electron chi connectivity index (χ2n) is 1.54. The van der Waals surface area contributed by atoms with Gasteiger partial charge in [-0.1, -0.05) is 13.3 Å². The number of hydrogen-bond acceptors (Lipinski definition) is 2. The Morgan fingerprint density at radius 1 is 1.62 bits per heavy atom. The third-order valence-electron chi connectivity index (χ3n) is 0.774. The van der Waals surface area contributed by atoms with Crippen LogP contribution < -0.4 is 0 Å². The van der Waals surface area contributed by atoms with Crippen LogP contribution in [0, 0.1) is 0 Å². The van der Waals surface area contributed by atoms with E-state index in [-0.39, 0.29) is 6.61 Å². The van der Waals surface area contributed by atoms with Crippen molar-refractivity contribution in [2.45, 2.75) is 19.7 Å². The summed E-state index contributed by atoms with van der Waals surface area (Å²) in [4.78, 5) is 0. The lowest BCUT2D eigenvalue weighted by Gasteiger charge is -1.97. The van der Waals surface area contributed by atoms with Gasteiger partial charge in [0.05, 0.1) is 13.2 Å². The number of aliphatic hydroxyl groups excluding tert-OH is 1. The maximum atomic E-state index is 8.26. The third-order valence-corrected chi connectivity index (χ3v) is 0.774. The van der Waals surface area contributed by atoms with E-state index in [1.807, 2.05) is 0 Å². The van der Waals surface area contributed by atoms with Crippen molar-refractivity contribution in [1.29, 1.82) is 0 Å². The van der Waals surface area contributed by atoms with E-state index < -0.39 is 0 Å². The number of aliphatic hydroxyl groups is 1. The highest BCUT2D eigenvalue weighted by Crippen LogP contribution is 1.85. The highest BCUT2D eigenvalue weighted by atomic mass is 16.5. The fourth-order valence-corrected chi connectivity index (χ4v) is 0.371. The standard InChI is InChI=1S/C6H14O2/c1-2-3-5-8-6-4-7/h7H,2-6H2,1H3/i1D. The summed E-state index contributed by atoms with van der Waals surface area (Å²) in [6.45, 7) is 1.68. The molecule has 0 amide bonds. The number of ether oxygens (including phenoxy) is 1. The Morgan fingerprint density at radius 2 is 2.50 bits per heavy atom. The Labute approximate surface area is 51.9 Å². The first kappa shape index (κ1) is 6.05. The molecule has 0 bridgehead atoms. The fourth-order valence-electron chi connectivity index (χ4n) is 0.371. The van der Waals surface area contributed by atoms with Crippen molar-refractivity contribution in [2.24, 2.45) is 0 Å². The van der Waals surface area contributed by atoms with E-state index in [4.69, 9.17) is 11.2 Å². The van der Waals surface area contributed by atoms with Gasteiger partial charge >= 0.3 is 0 Å². The van der Waals surface area contributed by atoms with Gasteiger partial charge in [0, 0.05) is 7.98 Å². The minimum Gasteiger partial charge on any atom is -0.394 e. The number of rotatable bonds is 5. The molecule has 0 aromatic heterocycles. The van der Waals surface area contributed by atoms with Gasteiger partial charge in [-0.15, -0.1) is 0 Å². The molecule has 0 saturated carbocycles. The van der Waals surface area contributed by atoms with Gasteiger partial charge in [-0.2, -0.15) is 0 Å². The predicted molar refractivity (Wildman–Crippen MR) is 32.8 cm³/mol. The third kappa shape index (κ3) is 5.92. The molecule has 0 aliphatic rings. The van der Waals surface area contributed by atoms with Crippen molar-refractivity contribution in [3.8, 4) is 0 Å². The summed E-state index contributed by atoms with van der Waals surface area (Å²) in [5, 5.41) is 8.26. The number of unbranched alkanes of at least 4 members (excludes halogenated alkanes) is 1. The summed E-state index contributed by atoms with van der Waals surface area (Å²) >= 11 is 0. The number of hydrogen-bond donors (Lipinski definition) is 1. The van der Waals surface area contributed by atoms with Gasteiger partial charge < -0.3 is 9.84 Å². The lowest BCUT2D eigenvalue weighted by Crippen LogP contribution is -1.99. The SMILES string of the molecule is [2H]CCCCOCCO. The molecule has 1 N–H and O–H groups in total. The van der Waals surface area contributed by atoms with Crippen LogP contribution in [0.4, 0.5) is 0 Å². The lowest BCUT2D eigenvalue weighted by atomic mass is 10.4. The zero-order chi connectivity index (χ0) is 6.95. The first-order chi connectivity index (χ1) is 4.41. The van der Waals surface area contributed by atoms with Crippen molar-refractivity contribution in [2.75, 3.05) is 19.8 Å². The quantitative estimate of drug-likeness (QED) is 0.542. The Balaban J connectivity index is 2.60. The molecule has 0 aliphatic heterocycles. The van der Waals surface area contributed by atoms with E-state index in [9.17, 15) is 0 Å². The van der Waals surface area contributed by atoms with Gasteiger partial charge in [0.25, 0.3) is 0 Å². The molecule has 0 radical (unpaired) electrons. The molecule has 0 unspecified atom stereocenters. The Bertz CT molecular complexity index is 44.3. The van der Waals surface area contributed by atoms with E-state index in [0.717, 1.165) is 12.8 Å². The molecular formula is C6H14O2. The van der Waals surface area contributed by atoms with Gasteiger partial charge in [-0.05, 0) is 6.42 Å². The normalized spacial score (nSPS) is 11.4. The molecule has 2 heteroatoms. The van der Waals surface area contributed by atoms with Gasteiger partial charge in [0.2, 0.25) is 0 Å². The van der Waals surface area contributed by atoms with E-state index in [1.165, 1.54) is 0 Å². The topological polar surface area (TPSA) is 29.5 Å². The monoisotopic (exact) mass is 119 g/mol.